The Kier molecular flexibility index (Phi) is 3.30. The lowest BCUT2D eigenvalue weighted by molar-refractivity contribution is -0.287. The van der Waals surface area contributed by atoms with Crippen molar-refractivity contribution in [3.8, 4) is 11.5 Å². The van der Waals surface area contributed by atoms with Gasteiger partial charge in [0.15, 0.2) is 11.5 Å². The Bertz CT molecular complexity index is 503. The lowest BCUT2D eigenvalue weighted by Gasteiger charge is -2.25. The van der Waals surface area contributed by atoms with Gasteiger partial charge in [-0.1, -0.05) is 25.0 Å². The standard InChI is InChI=1S/C14H17F2NO3/c15-14(16)19-10-7-3-6-9(13(10)20-14)11(17)12(18)8-4-1-2-5-8/h3,6-8,11-12,18H,1-2,4-5,17H2/t11-,12+/m0/s1. The number of hydrogen-bond donors (Lipinski definition) is 2. The number of aliphatic hydroxyl groups is 1. The molecule has 0 amide bonds. The van der Waals surface area contributed by atoms with E-state index in [0.29, 0.717) is 5.56 Å². The minimum Gasteiger partial charge on any atom is -0.395 e. The van der Waals surface area contributed by atoms with Gasteiger partial charge in [0.25, 0.3) is 0 Å². The van der Waals surface area contributed by atoms with Gasteiger partial charge in [-0.25, -0.2) is 0 Å². The fourth-order valence-corrected chi connectivity index (χ4v) is 3.03. The largest absolute Gasteiger partial charge is 0.586 e. The van der Waals surface area contributed by atoms with E-state index in [1.165, 1.54) is 6.07 Å². The molecule has 2 aliphatic rings. The summed E-state index contributed by atoms with van der Waals surface area (Å²) in [6.07, 6.45) is -0.467. The molecule has 3 rings (SSSR count). The van der Waals surface area contributed by atoms with Gasteiger partial charge >= 0.3 is 6.29 Å². The van der Waals surface area contributed by atoms with Crippen LogP contribution >= 0.6 is 0 Å². The maximum absolute atomic E-state index is 13.1. The average Bonchev–Trinajstić information content (AvgIpc) is 3.01. The molecular weight excluding hydrogens is 268 g/mol. The molecule has 1 aromatic rings. The van der Waals surface area contributed by atoms with E-state index in [9.17, 15) is 13.9 Å². The van der Waals surface area contributed by atoms with E-state index in [0.717, 1.165) is 25.7 Å². The Morgan fingerprint density at radius 2 is 1.95 bits per heavy atom. The van der Waals surface area contributed by atoms with Gasteiger partial charge in [0.05, 0.1) is 12.1 Å². The maximum atomic E-state index is 13.1. The van der Waals surface area contributed by atoms with Crippen LogP contribution in [0.3, 0.4) is 0 Å². The first-order valence-electron chi connectivity index (χ1n) is 6.80. The first-order chi connectivity index (χ1) is 9.48. The van der Waals surface area contributed by atoms with Gasteiger partial charge in [0.1, 0.15) is 0 Å². The van der Waals surface area contributed by atoms with Gasteiger partial charge in [-0.05, 0) is 24.8 Å². The van der Waals surface area contributed by atoms with Crippen LogP contribution in [0.5, 0.6) is 11.5 Å². The first kappa shape index (κ1) is 13.6. The molecule has 0 spiro atoms. The number of ether oxygens (including phenoxy) is 2. The van der Waals surface area contributed by atoms with Crippen molar-refractivity contribution in [2.45, 2.75) is 44.1 Å². The molecule has 1 saturated carbocycles. The summed E-state index contributed by atoms with van der Waals surface area (Å²) < 4.78 is 35.2. The third-order valence-corrected chi connectivity index (χ3v) is 4.07. The number of aliphatic hydroxyl groups excluding tert-OH is 1. The topological polar surface area (TPSA) is 64.7 Å². The van der Waals surface area contributed by atoms with E-state index < -0.39 is 18.4 Å². The molecule has 1 aromatic carbocycles. The fourth-order valence-electron chi connectivity index (χ4n) is 3.03. The molecule has 6 heteroatoms. The number of hydrogen-bond acceptors (Lipinski definition) is 4. The summed E-state index contributed by atoms with van der Waals surface area (Å²) in [4.78, 5) is 0. The van der Waals surface area contributed by atoms with Crippen LogP contribution in [0, 0.1) is 5.92 Å². The zero-order chi connectivity index (χ0) is 14.3. The first-order valence-corrected chi connectivity index (χ1v) is 6.80. The van der Waals surface area contributed by atoms with Crippen molar-refractivity contribution in [3.05, 3.63) is 23.8 Å². The van der Waals surface area contributed by atoms with Crippen molar-refractivity contribution in [2.24, 2.45) is 11.7 Å². The molecule has 20 heavy (non-hydrogen) atoms. The minimum atomic E-state index is -3.67. The Balaban J connectivity index is 1.86. The van der Waals surface area contributed by atoms with E-state index in [2.05, 4.69) is 9.47 Å². The van der Waals surface area contributed by atoms with E-state index in [1.54, 1.807) is 12.1 Å². The van der Waals surface area contributed by atoms with Gasteiger partial charge in [-0.3, -0.25) is 0 Å². The summed E-state index contributed by atoms with van der Waals surface area (Å²) in [5.74, 6) is 0.00677. The second-order valence-corrected chi connectivity index (χ2v) is 5.40. The van der Waals surface area contributed by atoms with Crippen molar-refractivity contribution < 1.29 is 23.4 Å². The summed E-state index contributed by atoms with van der Waals surface area (Å²) in [6.45, 7) is 0. The average molecular weight is 285 g/mol. The fraction of sp³-hybridized carbons (Fsp3) is 0.571. The van der Waals surface area contributed by atoms with Gasteiger partial charge in [0, 0.05) is 5.56 Å². The molecule has 1 aliphatic heterocycles. The van der Waals surface area contributed by atoms with Crippen molar-refractivity contribution >= 4 is 0 Å². The summed E-state index contributed by atoms with van der Waals surface area (Å²) in [7, 11) is 0. The second-order valence-electron chi connectivity index (χ2n) is 5.40. The summed E-state index contributed by atoms with van der Waals surface area (Å²) >= 11 is 0. The third kappa shape index (κ3) is 2.33. The maximum Gasteiger partial charge on any atom is 0.586 e. The molecule has 3 N–H and O–H groups in total. The van der Waals surface area contributed by atoms with Crippen LogP contribution in [0.2, 0.25) is 0 Å². The SMILES string of the molecule is N[C@@H](c1cccc2c1OC(F)(F)O2)[C@H](O)C1CCCC1. The van der Waals surface area contributed by atoms with Crippen molar-refractivity contribution in [3.63, 3.8) is 0 Å². The zero-order valence-electron chi connectivity index (χ0n) is 10.9. The number of nitrogens with two attached hydrogens (primary N) is 1. The lowest BCUT2D eigenvalue weighted by Crippen LogP contribution is -2.32. The number of benzene rings is 1. The number of fused-ring (bicyclic) bond motifs is 1. The van der Waals surface area contributed by atoms with Gasteiger partial charge in [0.2, 0.25) is 0 Å². The summed E-state index contributed by atoms with van der Waals surface area (Å²) in [6, 6.07) is 3.80. The molecule has 0 aromatic heterocycles. The molecule has 2 atom stereocenters. The lowest BCUT2D eigenvalue weighted by atomic mass is 9.90. The van der Waals surface area contributed by atoms with Gasteiger partial charge in [-0.2, -0.15) is 0 Å². The van der Waals surface area contributed by atoms with Crippen LogP contribution in [0.4, 0.5) is 8.78 Å². The van der Waals surface area contributed by atoms with Crippen LogP contribution < -0.4 is 15.2 Å². The predicted octanol–water partition coefficient (Wildman–Crippen LogP) is 2.56. The molecule has 4 nitrogen and oxygen atoms in total. The number of rotatable bonds is 3. The van der Waals surface area contributed by atoms with Crippen molar-refractivity contribution in [2.75, 3.05) is 0 Å². The number of para-hydroxylation sites is 1. The zero-order valence-corrected chi connectivity index (χ0v) is 10.9. The number of alkyl halides is 2. The molecule has 0 radical (unpaired) electrons. The molecular formula is C14H17F2NO3. The van der Waals surface area contributed by atoms with E-state index in [-0.39, 0.29) is 17.4 Å². The second kappa shape index (κ2) is 4.86. The Morgan fingerprint density at radius 1 is 1.25 bits per heavy atom. The highest BCUT2D eigenvalue weighted by Gasteiger charge is 2.45. The highest BCUT2D eigenvalue weighted by atomic mass is 19.3. The molecule has 110 valence electrons. The predicted molar refractivity (Wildman–Crippen MR) is 67.5 cm³/mol. The molecule has 1 fully saturated rings. The van der Waals surface area contributed by atoms with E-state index >= 15 is 0 Å². The quantitative estimate of drug-likeness (QED) is 0.896. The molecule has 0 bridgehead atoms. The molecule has 1 aliphatic carbocycles. The third-order valence-electron chi connectivity index (χ3n) is 4.07. The number of halogens is 2. The summed E-state index contributed by atoms with van der Waals surface area (Å²) in [5, 5.41) is 10.3. The summed E-state index contributed by atoms with van der Waals surface area (Å²) in [5.41, 5.74) is 6.41. The highest BCUT2D eigenvalue weighted by molar-refractivity contribution is 5.50. The minimum absolute atomic E-state index is 0.0402. The molecule has 1 heterocycles. The van der Waals surface area contributed by atoms with Crippen LogP contribution in [0.1, 0.15) is 37.3 Å². The van der Waals surface area contributed by atoms with Crippen LogP contribution in [-0.2, 0) is 0 Å². The van der Waals surface area contributed by atoms with Gasteiger partial charge < -0.3 is 20.3 Å². The van der Waals surface area contributed by atoms with Crippen LogP contribution in [0.25, 0.3) is 0 Å². The monoisotopic (exact) mass is 285 g/mol. The van der Waals surface area contributed by atoms with Crippen molar-refractivity contribution in [1.82, 2.24) is 0 Å². The van der Waals surface area contributed by atoms with Crippen molar-refractivity contribution in [1.29, 1.82) is 0 Å². The van der Waals surface area contributed by atoms with Crippen LogP contribution in [0.15, 0.2) is 18.2 Å². The molecule has 0 unspecified atom stereocenters. The Hall–Kier alpha value is -1.40. The Morgan fingerprint density at radius 3 is 2.65 bits per heavy atom. The Labute approximate surface area is 115 Å². The molecule has 0 saturated heterocycles. The highest BCUT2D eigenvalue weighted by Crippen LogP contribution is 2.46. The van der Waals surface area contributed by atoms with Gasteiger partial charge in [-0.15, -0.1) is 8.78 Å². The van der Waals surface area contributed by atoms with Crippen LogP contribution in [-0.4, -0.2) is 17.5 Å². The smallest absolute Gasteiger partial charge is 0.395 e. The normalized spacial score (nSPS) is 23.8. The van der Waals surface area contributed by atoms with E-state index in [1.807, 2.05) is 0 Å². The van der Waals surface area contributed by atoms with E-state index in [4.69, 9.17) is 5.73 Å².